The lowest BCUT2D eigenvalue weighted by Crippen LogP contribution is -2.49. The van der Waals surface area contributed by atoms with E-state index in [2.05, 4.69) is 5.10 Å². The van der Waals surface area contributed by atoms with Crippen LogP contribution in [0.2, 0.25) is 0 Å². The van der Waals surface area contributed by atoms with Crippen LogP contribution in [0.5, 0.6) is 0 Å². The van der Waals surface area contributed by atoms with Crippen molar-refractivity contribution in [3.8, 4) is 6.07 Å². The second-order valence-corrected chi connectivity index (χ2v) is 5.43. The van der Waals surface area contributed by atoms with E-state index < -0.39 is 5.82 Å². The van der Waals surface area contributed by atoms with Gasteiger partial charge in [-0.1, -0.05) is 6.07 Å². The highest BCUT2D eigenvalue weighted by Crippen LogP contribution is 2.24. The third-order valence-corrected chi connectivity index (χ3v) is 3.96. The van der Waals surface area contributed by atoms with E-state index in [1.54, 1.807) is 41.2 Å². The van der Waals surface area contributed by atoms with Gasteiger partial charge < -0.3 is 9.80 Å². The fourth-order valence-electron chi connectivity index (χ4n) is 2.75. The van der Waals surface area contributed by atoms with E-state index in [4.69, 9.17) is 5.26 Å². The lowest BCUT2D eigenvalue weighted by atomic mass is 10.1. The van der Waals surface area contributed by atoms with Crippen LogP contribution in [-0.2, 0) is 7.05 Å². The second-order valence-electron chi connectivity index (χ2n) is 5.43. The van der Waals surface area contributed by atoms with Gasteiger partial charge in [0.1, 0.15) is 17.4 Å². The molecule has 0 saturated carbocycles. The minimum Gasteiger partial charge on any atom is -0.367 e. The van der Waals surface area contributed by atoms with Crippen molar-refractivity contribution >= 4 is 11.6 Å². The molecule has 0 aliphatic carbocycles. The highest BCUT2D eigenvalue weighted by molar-refractivity contribution is 5.93. The van der Waals surface area contributed by atoms with Gasteiger partial charge in [0.05, 0.1) is 17.4 Å². The number of rotatable bonds is 2. The summed E-state index contributed by atoms with van der Waals surface area (Å²) in [5, 5.41) is 13.1. The number of aromatic nitrogens is 2. The van der Waals surface area contributed by atoms with Gasteiger partial charge in [-0.25, -0.2) is 4.39 Å². The standard InChI is InChI=1S/C16H16FN5O/c1-20-11-12(10-19-20)16(23)22-7-5-21(6-8-22)15-4-2-3-14(17)13(15)9-18/h2-4,10-11H,5-8H2,1H3. The van der Waals surface area contributed by atoms with Crippen molar-refractivity contribution in [2.75, 3.05) is 31.1 Å². The molecule has 1 saturated heterocycles. The highest BCUT2D eigenvalue weighted by Gasteiger charge is 2.24. The van der Waals surface area contributed by atoms with Crippen LogP contribution in [0.25, 0.3) is 0 Å². The Kier molecular flexibility index (Phi) is 3.98. The normalized spacial score (nSPS) is 14.7. The Morgan fingerprint density at radius 3 is 2.65 bits per heavy atom. The minimum absolute atomic E-state index is 0.0551. The molecule has 1 aliphatic rings. The summed E-state index contributed by atoms with van der Waals surface area (Å²) >= 11 is 0. The third-order valence-electron chi connectivity index (χ3n) is 3.96. The SMILES string of the molecule is Cn1cc(C(=O)N2CCN(c3cccc(F)c3C#N)CC2)cn1. The third kappa shape index (κ3) is 2.88. The van der Waals surface area contributed by atoms with E-state index >= 15 is 0 Å². The van der Waals surface area contributed by atoms with Gasteiger partial charge in [0.2, 0.25) is 0 Å². The van der Waals surface area contributed by atoms with E-state index in [1.807, 2.05) is 11.0 Å². The first-order valence-corrected chi connectivity index (χ1v) is 7.31. The zero-order valence-corrected chi connectivity index (χ0v) is 12.7. The molecule has 0 unspecified atom stereocenters. The average molecular weight is 313 g/mol. The molecular formula is C16H16FN5O. The van der Waals surface area contributed by atoms with Crippen LogP contribution in [0, 0.1) is 17.1 Å². The molecule has 0 atom stereocenters. The maximum atomic E-state index is 13.7. The summed E-state index contributed by atoms with van der Waals surface area (Å²) in [6.45, 7) is 2.17. The predicted octanol–water partition coefficient (Wildman–Crippen LogP) is 1.39. The summed E-state index contributed by atoms with van der Waals surface area (Å²) in [4.78, 5) is 16.1. The number of piperazine rings is 1. The molecule has 1 amide bonds. The second kappa shape index (κ2) is 6.08. The molecule has 3 rings (SSSR count). The monoisotopic (exact) mass is 313 g/mol. The van der Waals surface area contributed by atoms with Gasteiger partial charge in [0.15, 0.2) is 0 Å². The topological polar surface area (TPSA) is 65.2 Å². The van der Waals surface area contributed by atoms with Crippen LogP contribution in [-0.4, -0.2) is 46.8 Å². The molecule has 2 aromatic rings. The average Bonchev–Trinajstić information content (AvgIpc) is 3.00. The summed E-state index contributed by atoms with van der Waals surface area (Å²) in [7, 11) is 1.77. The van der Waals surface area contributed by atoms with Crippen molar-refractivity contribution in [2.24, 2.45) is 7.05 Å². The first-order chi connectivity index (χ1) is 11.1. The molecule has 0 bridgehead atoms. The zero-order chi connectivity index (χ0) is 16.4. The van der Waals surface area contributed by atoms with Gasteiger partial charge in [-0.3, -0.25) is 9.48 Å². The number of nitriles is 1. The number of hydrogen-bond donors (Lipinski definition) is 0. The van der Waals surface area contributed by atoms with Crippen molar-refractivity contribution in [1.82, 2.24) is 14.7 Å². The number of halogens is 1. The quantitative estimate of drug-likeness (QED) is 0.840. The number of nitrogens with zero attached hydrogens (tertiary/aromatic N) is 5. The number of hydrogen-bond acceptors (Lipinski definition) is 4. The fourth-order valence-corrected chi connectivity index (χ4v) is 2.75. The molecule has 7 heteroatoms. The van der Waals surface area contributed by atoms with Crippen LogP contribution in [0.3, 0.4) is 0 Å². The molecule has 1 aliphatic heterocycles. The molecule has 23 heavy (non-hydrogen) atoms. The number of anilines is 1. The molecule has 1 aromatic heterocycles. The Balaban J connectivity index is 1.71. The molecule has 0 N–H and O–H groups in total. The van der Waals surface area contributed by atoms with Gasteiger partial charge in [0.25, 0.3) is 5.91 Å². The van der Waals surface area contributed by atoms with Crippen molar-refractivity contribution < 1.29 is 9.18 Å². The number of carbonyl (C=O) groups is 1. The highest BCUT2D eigenvalue weighted by atomic mass is 19.1. The molecule has 118 valence electrons. The van der Waals surface area contributed by atoms with Gasteiger partial charge in [-0.15, -0.1) is 0 Å². The fraction of sp³-hybridized carbons (Fsp3) is 0.312. The van der Waals surface area contributed by atoms with Gasteiger partial charge in [-0.2, -0.15) is 10.4 Å². The first-order valence-electron chi connectivity index (χ1n) is 7.31. The Labute approximate surface area is 133 Å². The van der Waals surface area contributed by atoms with Crippen LogP contribution >= 0.6 is 0 Å². The summed E-state index contributed by atoms with van der Waals surface area (Å²) in [6, 6.07) is 6.53. The van der Waals surface area contributed by atoms with E-state index in [-0.39, 0.29) is 11.5 Å². The van der Waals surface area contributed by atoms with Crippen LogP contribution in [0.4, 0.5) is 10.1 Å². The Hall–Kier alpha value is -2.88. The van der Waals surface area contributed by atoms with Crippen LogP contribution in [0.15, 0.2) is 30.6 Å². The summed E-state index contributed by atoms with van der Waals surface area (Å²) < 4.78 is 15.3. The van der Waals surface area contributed by atoms with Gasteiger partial charge >= 0.3 is 0 Å². The molecule has 0 spiro atoms. The first kappa shape index (κ1) is 15.0. The van der Waals surface area contributed by atoms with Crippen LogP contribution in [0.1, 0.15) is 15.9 Å². The number of amides is 1. The molecular weight excluding hydrogens is 297 g/mol. The summed E-state index contributed by atoms with van der Waals surface area (Å²) in [5.74, 6) is -0.573. The van der Waals surface area contributed by atoms with Gasteiger partial charge in [0, 0.05) is 39.4 Å². The molecule has 2 heterocycles. The lowest BCUT2D eigenvalue weighted by Gasteiger charge is -2.36. The van der Waals surface area contributed by atoms with Crippen molar-refractivity contribution in [3.05, 3.63) is 47.5 Å². The smallest absolute Gasteiger partial charge is 0.257 e. The lowest BCUT2D eigenvalue weighted by molar-refractivity contribution is 0.0746. The molecule has 1 fully saturated rings. The van der Waals surface area contributed by atoms with Gasteiger partial charge in [-0.05, 0) is 12.1 Å². The Morgan fingerprint density at radius 2 is 2.04 bits per heavy atom. The Morgan fingerprint density at radius 1 is 1.30 bits per heavy atom. The number of carbonyl (C=O) groups excluding carboxylic acids is 1. The summed E-state index contributed by atoms with van der Waals surface area (Å²) in [5.41, 5.74) is 1.20. The summed E-state index contributed by atoms with van der Waals surface area (Å²) in [6.07, 6.45) is 3.24. The molecule has 0 radical (unpaired) electrons. The largest absolute Gasteiger partial charge is 0.367 e. The number of benzene rings is 1. The zero-order valence-electron chi connectivity index (χ0n) is 12.7. The van der Waals surface area contributed by atoms with Crippen molar-refractivity contribution in [2.45, 2.75) is 0 Å². The van der Waals surface area contributed by atoms with Crippen LogP contribution < -0.4 is 4.90 Å². The van der Waals surface area contributed by atoms with E-state index in [0.29, 0.717) is 37.4 Å². The van der Waals surface area contributed by atoms with Crippen molar-refractivity contribution in [1.29, 1.82) is 5.26 Å². The maximum absolute atomic E-state index is 13.7. The predicted molar refractivity (Wildman–Crippen MR) is 82.4 cm³/mol. The molecule has 6 nitrogen and oxygen atoms in total. The van der Waals surface area contributed by atoms with E-state index in [0.717, 1.165) is 0 Å². The van der Waals surface area contributed by atoms with E-state index in [1.165, 1.54) is 6.07 Å². The molecule has 1 aromatic carbocycles. The van der Waals surface area contributed by atoms with E-state index in [9.17, 15) is 9.18 Å². The Bertz CT molecular complexity index is 771. The number of aryl methyl sites for hydroxylation is 1. The van der Waals surface area contributed by atoms with Crippen molar-refractivity contribution in [3.63, 3.8) is 0 Å². The maximum Gasteiger partial charge on any atom is 0.257 e. The minimum atomic E-state index is -0.515.